The van der Waals surface area contributed by atoms with E-state index in [1.54, 1.807) is 18.7 Å². The number of hydrogen-bond donors (Lipinski definition) is 2. The molecular weight excluding hydrogens is 366 g/mol. The maximum atomic E-state index is 12.2. The Morgan fingerprint density at radius 1 is 1.33 bits per heavy atom. The van der Waals surface area contributed by atoms with Crippen LogP contribution in [0.3, 0.4) is 0 Å². The van der Waals surface area contributed by atoms with Gasteiger partial charge in [-0.3, -0.25) is 14.4 Å². The van der Waals surface area contributed by atoms with Crippen LogP contribution in [0.15, 0.2) is 30.3 Å². The van der Waals surface area contributed by atoms with Crippen LogP contribution in [0.2, 0.25) is 0 Å². The largest absolute Gasteiger partial charge is 0.465 e. The summed E-state index contributed by atoms with van der Waals surface area (Å²) in [7, 11) is 0. The second-order valence-corrected chi connectivity index (χ2v) is 7.00. The molecule has 1 aliphatic heterocycles. The summed E-state index contributed by atoms with van der Waals surface area (Å²) >= 11 is 5.27. The van der Waals surface area contributed by atoms with Crippen molar-refractivity contribution in [2.24, 2.45) is 5.92 Å². The van der Waals surface area contributed by atoms with E-state index in [1.807, 2.05) is 30.3 Å². The molecule has 2 N–H and O–H groups in total. The zero-order chi connectivity index (χ0) is 19.8. The van der Waals surface area contributed by atoms with E-state index in [-0.39, 0.29) is 35.9 Å². The van der Waals surface area contributed by atoms with E-state index >= 15 is 0 Å². The van der Waals surface area contributed by atoms with Crippen molar-refractivity contribution in [1.82, 2.24) is 15.5 Å². The number of rotatable bonds is 6. The third-order valence-electron chi connectivity index (χ3n) is 4.20. The van der Waals surface area contributed by atoms with Crippen LogP contribution in [0.25, 0.3) is 0 Å². The minimum atomic E-state index is -0.789. The van der Waals surface area contributed by atoms with Crippen LogP contribution in [0.4, 0.5) is 0 Å². The Morgan fingerprint density at radius 3 is 2.70 bits per heavy atom. The number of carbonyl (C=O) groups is 3. The highest BCUT2D eigenvalue weighted by Crippen LogP contribution is 2.11. The first kappa shape index (κ1) is 20.8. The average Bonchev–Trinajstić information content (AvgIpc) is 2.64. The third-order valence-corrected chi connectivity index (χ3v) is 4.54. The summed E-state index contributed by atoms with van der Waals surface area (Å²) in [4.78, 5) is 37.9. The van der Waals surface area contributed by atoms with E-state index in [0.29, 0.717) is 19.5 Å². The van der Waals surface area contributed by atoms with Crippen LogP contribution >= 0.6 is 12.2 Å². The molecule has 8 heteroatoms. The number of piperazine rings is 1. The molecule has 1 aromatic rings. The van der Waals surface area contributed by atoms with Gasteiger partial charge in [0.2, 0.25) is 11.8 Å². The quantitative estimate of drug-likeness (QED) is 0.556. The first-order valence-electron chi connectivity index (χ1n) is 8.97. The normalized spacial score (nSPS) is 16.6. The smallest absolute Gasteiger partial charge is 0.308 e. The van der Waals surface area contributed by atoms with Crippen molar-refractivity contribution in [3.63, 3.8) is 0 Å². The van der Waals surface area contributed by atoms with Crippen LogP contribution in [-0.4, -0.2) is 53.5 Å². The van der Waals surface area contributed by atoms with Gasteiger partial charge in [0.15, 0.2) is 5.11 Å². The van der Waals surface area contributed by atoms with Crippen molar-refractivity contribution in [2.45, 2.75) is 32.7 Å². The van der Waals surface area contributed by atoms with Crippen LogP contribution in [-0.2, 0) is 25.5 Å². The molecule has 2 amide bonds. The van der Waals surface area contributed by atoms with Crippen molar-refractivity contribution in [1.29, 1.82) is 0 Å². The average molecular weight is 391 g/mol. The van der Waals surface area contributed by atoms with Gasteiger partial charge < -0.3 is 20.3 Å². The van der Waals surface area contributed by atoms with E-state index in [2.05, 4.69) is 10.6 Å². The second kappa shape index (κ2) is 10.0. The molecule has 1 saturated heterocycles. The molecule has 0 aromatic heterocycles. The topological polar surface area (TPSA) is 87.7 Å². The van der Waals surface area contributed by atoms with E-state index < -0.39 is 12.0 Å². The molecule has 0 radical (unpaired) electrons. The molecule has 0 bridgehead atoms. The standard InChI is InChI=1S/C19H25N3O4S/c1-13(2)17(24)21-19(27)22-10-9-20-18(25)15(22)12-16(23)26-11-8-14-6-4-3-5-7-14/h3-7,13,15H,8-12H2,1-2H3,(H,20,25)(H,21,24,27). The van der Waals surface area contributed by atoms with Gasteiger partial charge in [-0.2, -0.15) is 0 Å². The lowest BCUT2D eigenvalue weighted by atomic mass is 10.1. The Labute approximate surface area is 164 Å². The predicted octanol–water partition coefficient (Wildman–Crippen LogP) is 1.02. The van der Waals surface area contributed by atoms with Crippen LogP contribution < -0.4 is 10.6 Å². The van der Waals surface area contributed by atoms with Crippen molar-refractivity contribution in [2.75, 3.05) is 19.7 Å². The number of nitrogens with zero attached hydrogens (tertiary/aromatic N) is 1. The molecule has 1 heterocycles. The fraction of sp³-hybridized carbons (Fsp3) is 0.474. The van der Waals surface area contributed by atoms with Gasteiger partial charge in [0.25, 0.3) is 0 Å². The predicted molar refractivity (Wildman–Crippen MR) is 105 cm³/mol. The Bertz CT molecular complexity index is 693. The Hall–Kier alpha value is -2.48. The first-order chi connectivity index (χ1) is 12.9. The Kier molecular flexibility index (Phi) is 7.72. The maximum absolute atomic E-state index is 12.2. The summed E-state index contributed by atoms with van der Waals surface area (Å²) in [5.74, 6) is -1.24. The number of hydrogen-bond acceptors (Lipinski definition) is 5. The number of amides is 2. The highest BCUT2D eigenvalue weighted by atomic mass is 32.1. The second-order valence-electron chi connectivity index (χ2n) is 6.61. The number of ether oxygens (including phenoxy) is 1. The van der Waals surface area contributed by atoms with Gasteiger partial charge in [-0.1, -0.05) is 44.2 Å². The lowest BCUT2D eigenvalue weighted by Crippen LogP contribution is -2.60. The highest BCUT2D eigenvalue weighted by Gasteiger charge is 2.34. The molecule has 0 saturated carbocycles. The molecule has 1 aromatic carbocycles. The van der Waals surface area contributed by atoms with Crippen molar-refractivity contribution >= 4 is 35.1 Å². The van der Waals surface area contributed by atoms with Gasteiger partial charge in [-0.25, -0.2) is 0 Å². The summed E-state index contributed by atoms with van der Waals surface area (Å²) in [6.45, 7) is 4.57. The van der Waals surface area contributed by atoms with E-state index in [0.717, 1.165) is 5.56 Å². The number of thiocarbonyl (C=S) groups is 1. The lowest BCUT2D eigenvalue weighted by molar-refractivity contribution is -0.147. The van der Waals surface area contributed by atoms with Gasteiger partial charge in [-0.15, -0.1) is 0 Å². The SMILES string of the molecule is CC(C)C(=O)NC(=S)N1CCNC(=O)C1CC(=O)OCCc1ccccc1. The molecule has 0 aliphatic carbocycles. The molecular formula is C19H25N3O4S. The first-order valence-corrected chi connectivity index (χ1v) is 9.38. The van der Waals surface area contributed by atoms with Gasteiger partial charge in [-0.05, 0) is 17.8 Å². The van der Waals surface area contributed by atoms with Gasteiger partial charge >= 0.3 is 5.97 Å². The summed E-state index contributed by atoms with van der Waals surface area (Å²) in [6, 6.07) is 8.90. The van der Waals surface area contributed by atoms with Crippen LogP contribution in [0.5, 0.6) is 0 Å². The number of nitrogens with one attached hydrogen (secondary N) is 2. The minimum Gasteiger partial charge on any atom is -0.465 e. The van der Waals surface area contributed by atoms with E-state index in [4.69, 9.17) is 17.0 Å². The van der Waals surface area contributed by atoms with Crippen LogP contribution in [0, 0.1) is 5.92 Å². The van der Waals surface area contributed by atoms with Gasteiger partial charge in [0.05, 0.1) is 13.0 Å². The number of carbonyl (C=O) groups excluding carboxylic acids is 3. The zero-order valence-corrected chi connectivity index (χ0v) is 16.4. The lowest BCUT2D eigenvalue weighted by Gasteiger charge is -2.36. The molecule has 0 spiro atoms. The summed E-state index contributed by atoms with van der Waals surface area (Å²) in [5.41, 5.74) is 1.07. The van der Waals surface area contributed by atoms with E-state index in [1.165, 1.54) is 0 Å². The molecule has 7 nitrogen and oxygen atoms in total. The third kappa shape index (κ3) is 6.32. The fourth-order valence-electron chi connectivity index (χ4n) is 2.63. The highest BCUT2D eigenvalue weighted by molar-refractivity contribution is 7.80. The van der Waals surface area contributed by atoms with Crippen molar-refractivity contribution in [3.8, 4) is 0 Å². The summed E-state index contributed by atoms with van der Waals surface area (Å²) in [5, 5.41) is 5.50. The van der Waals surface area contributed by atoms with Crippen LogP contribution in [0.1, 0.15) is 25.8 Å². The van der Waals surface area contributed by atoms with E-state index in [9.17, 15) is 14.4 Å². The number of esters is 1. The maximum Gasteiger partial charge on any atom is 0.308 e. The molecule has 146 valence electrons. The fourth-order valence-corrected chi connectivity index (χ4v) is 2.95. The Morgan fingerprint density at radius 2 is 2.04 bits per heavy atom. The monoisotopic (exact) mass is 391 g/mol. The van der Waals surface area contributed by atoms with Gasteiger partial charge in [0, 0.05) is 25.4 Å². The Balaban J connectivity index is 1.89. The molecule has 1 aliphatic rings. The molecule has 2 rings (SSSR count). The number of benzene rings is 1. The molecule has 1 unspecified atom stereocenters. The molecule has 27 heavy (non-hydrogen) atoms. The van der Waals surface area contributed by atoms with Gasteiger partial charge in [0.1, 0.15) is 6.04 Å². The molecule has 1 fully saturated rings. The summed E-state index contributed by atoms with van der Waals surface area (Å²) < 4.78 is 5.27. The van der Waals surface area contributed by atoms with Crippen molar-refractivity contribution < 1.29 is 19.1 Å². The summed E-state index contributed by atoms with van der Waals surface area (Å²) in [6.07, 6.45) is 0.480. The minimum absolute atomic E-state index is 0.127. The zero-order valence-electron chi connectivity index (χ0n) is 15.6. The van der Waals surface area contributed by atoms with Crippen molar-refractivity contribution in [3.05, 3.63) is 35.9 Å². The molecule has 1 atom stereocenters.